The van der Waals surface area contributed by atoms with Gasteiger partial charge in [0.15, 0.2) is 0 Å². The molecule has 0 heterocycles. The van der Waals surface area contributed by atoms with Crippen LogP contribution < -0.4 is 73.8 Å². The zero-order chi connectivity index (χ0) is 31.4. The molecular formula is C30H22N4Na2O8S2. The Balaban J connectivity index is 0.00000368. The summed E-state index contributed by atoms with van der Waals surface area (Å²) in [6.45, 7) is 2.43. The number of hydrogen-bond donors (Lipinski definition) is 0. The average molecular weight is 677 g/mol. The molecule has 224 valence electrons. The van der Waals surface area contributed by atoms with Gasteiger partial charge in [0.2, 0.25) is 0 Å². The molecule has 4 aromatic rings. The first kappa shape index (κ1) is 39.3. The van der Waals surface area contributed by atoms with Crippen molar-refractivity contribution in [1.82, 2.24) is 0 Å². The van der Waals surface area contributed by atoms with E-state index in [0.29, 0.717) is 57.7 Å². The normalized spacial score (nSPS) is 11.3. The van der Waals surface area contributed by atoms with E-state index in [1.165, 1.54) is 24.3 Å². The molecule has 0 amide bonds. The Labute approximate surface area is 314 Å². The van der Waals surface area contributed by atoms with Gasteiger partial charge in [-0.2, -0.15) is 24.8 Å². The molecule has 0 bridgehead atoms. The Kier molecular flexibility index (Phi) is 16.8. The smallest absolute Gasteiger partial charge is 0.744 e. The number of ether oxygens (including phenoxy) is 2. The largest absolute Gasteiger partial charge is 1.00 e. The molecule has 0 atom stereocenters. The van der Waals surface area contributed by atoms with Gasteiger partial charge in [-0.1, -0.05) is 30.7 Å². The molecule has 0 saturated heterocycles. The zero-order valence-electron chi connectivity index (χ0n) is 24.9. The Morgan fingerprint density at radius 2 is 1.28 bits per heavy atom. The van der Waals surface area contributed by atoms with E-state index in [-0.39, 0.29) is 70.4 Å². The second kappa shape index (κ2) is 19.7. The minimum atomic E-state index is -4.89. The zero-order valence-corrected chi connectivity index (χ0v) is 30.5. The van der Waals surface area contributed by atoms with Crippen molar-refractivity contribution in [2.24, 2.45) is 20.5 Å². The van der Waals surface area contributed by atoms with Gasteiger partial charge in [-0.25, -0.2) is 8.42 Å². The third-order valence-electron chi connectivity index (χ3n) is 5.58. The van der Waals surface area contributed by atoms with Gasteiger partial charge in [0.05, 0.1) is 46.3 Å². The van der Waals surface area contributed by atoms with E-state index in [4.69, 9.17) is 15.9 Å². The predicted molar refractivity (Wildman–Crippen MR) is 160 cm³/mol. The van der Waals surface area contributed by atoms with Crippen molar-refractivity contribution >= 4 is 57.1 Å². The van der Waals surface area contributed by atoms with Gasteiger partial charge < -0.3 is 19.3 Å². The van der Waals surface area contributed by atoms with Crippen LogP contribution in [0.2, 0.25) is 0 Å². The molecule has 0 aliphatic carbocycles. The second-order valence-electron chi connectivity index (χ2n) is 8.49. The summed E-state index contributed by atoms with van der Waals surface area (Å²) in [6, 6.07) is 22.3. The molecule has 46 heavy (non-hydrogen) atoms. The van der Waals surface area contributed by atoms with E-state index in [0.717, 1.165) is 6.07 Å². The Morgan fingerprint density at radius 3 is 1.83 bits per heavy atom. The van der Waals surface area contributed by atoms with Gasteiger partial charge in [-0.3, -0.25) is 5.04 Å². The molecule has 0 saturated carbocycles. The minimum Gasteiger partial charge on any atom is -0.744 e. The molecule has 0 radical (unpaired) electrons. The molecule has 16 heteroatoms. The van der Waals surface area contributed by atoms with Gasteiger partial charge >= 0.3 is 59.1 Å². The summed E-state index contributed by atoms with van der Waals surface area (Å²) in [6.07, 6.45) is 10.1. The van der Waals surface area contributed by atoms with Crippen LogP contribution in [0.3, 0.4) is 0 Å². The van der Waals surface area contributed by atoms with Crippen molar-refractivity contribution < 1.29 is 96.2 Å². The van der Waals surface area contributed by atoms with Gasteiger partial charge in [-0.05, 0) is 90.8 Å². The van der Waals surface area contributed by atoms with Crippen LogP contribution in [0.25, 0.3) is 12.2 Å². The van der Waals surface area contributed by atoms with E-state index < -0.39 is 15.0 Å². The third kappa shape index (κ3) is 12.0. The summed E-state index contributed by atoms with van der Waals surface area (Å²) in [5, 5.41) is 30.4. The SMILES string of the molecule is C#COc1ccc(N=Nc2ccc(C=Cc3ccc(N=Nc4ccc(OCC)cc4)cc3SOO[O-])c(S(=O)(=O)[O-])c2)cc1.[Na+].[Na+]. The minimum absolute atomic E-state index is 0. The van der Waals surface area contributed by atoms with Crippen LogP contribution >= 0.6 is 12.0 Å². The fourth-order valence-electron chi connectivity index (χ4n) is 3.62. The van der Waals surface area contributed by atoms with Gasteiger partial charge in [0, 0.05) is 4.90 Å². The fourth-order valence-corrected chi connectivity index (χ4v) is 4.81. The Hall–Kier alpha value is -2.88. The summed E-state index contributed by atoms with van der Waals surface area (Å²) < 4.78 is 51.1. The standard InChI is InChI=1S/C30H24N4O8S2.2Na/c1-3-39-27-15-11-23(12-16-27)31-33-25-9-7-21(29(19-25)43-42-41-35)5-6-22-8-10-26(20-30(22)44(36,37)38)34-32-24-13-17-28(18-14-24)40-4-2;;/h2,5-20,35H,3H2,1H3,(H,36,37,38);;/q;2*+1/p-2. The molecule has 12 nitrogen and oxygen atoms in total. The molecule has 0 N–H and O–H groups in total. The summed E-state index contributed by atoms with van der Waals surface area (Å²) in [7, 11) is -4.89. The molecule has 0 aliphatic rings. The summed E-state index contributed by atoms with van der Waals surface area (Å²) in [4.78, 5) is -0.104. The average Bonchev–Trinajstić information content (AvgIpc) is 3.02. The van der Waals surface area contributed by atoms with Gasteiger partial charge in [0.1, 0.15) is 27.7 Å². The molecular weight excluding hydrogens is 654 g/mol. The van der Waals surface area contributed by atoms with Crippen LogP contribution in [0.15, 0.2) is 115 Å². The van der Waals surface area contributed by atoms with Gasteiger partial charge in [-0.15, -0.1) is 0 Å². The molecule has 0 aromatic heterocycles. The van der Waals surface area contributed by atoms with E-state index >= 15 is 0 Å². The van der Waals surface area contributed by atoms with Crippen LogP contribution in [-0.2, 0) is 19.5 Å². The van der Waals surface area contributed by atoms with Crippen molar-refractivity contribution in [2.75, 3.05) is 6.61 Å². The number of hydrogen-bond acceptors (Lipinski definition) is 13. The number of benzene rings is 4. The van der Waals surface area contributed by atoms with Crippen LogP contribution in [0.1, 0.15) is 18.1 Å². The molecule has 0 aliphatic heterocycles. The Morgan fingerprint density at radius 1 is 0.783 bits per heavy atom. The second-order valence-corrected chi connectivity index (χ2v) is 10.6. The number of nitrogens with zero attached hydrogens (tertiary/aromatic N) is 4. The number of rotatable bonds is 13. The number of terminal acetylenes is 1. The quantitative estimate of drug-likeness (QED) is 0.0296. The van der Waals surface area contributed by atoms with E-state index in [1.54, 1.807) is 66.7 Å². The topological polar surface area (TPSA) is 167 Å². The third-order valence-corrected chi connectivity index (χ3v) is 7.13. The summed E-state index contributed by atoms with van der Waals surface area (Å²) in [5.74, 6) is 1.15. The molecule has 0 unspecified atom stereocenters. The first-order valence-corrected chi connectivity index (χ1v) is 14.8. The first-order valence-electron chi connectivity index (χ1n) is 12.6. The summed E-state index contributed by atoms with van der Waals surface area (Å²) in [5.41, 5.74) is 2.21. The van der Waals surface area contributed by atoms with Crippen molar-refractivity contribution in [1.29, 1.82) is 0 Å². The molecule has 0 fully saturated rings. The summed E-state index contributed by atoms with van der Waals surface area (Å²) >= 11 is 0.617. The monoisotopic (exact) mass is 676 g/mol. The van der Waals surface area contributed by atoms with Crippen LogP contribution in [-0.4, -0.2) is 19.6 Å². The van der Waals surface area contributed by atoms with Crippen molar-refractivity contribution in [3.63, 3.8) is 0 Å². The van der Waals surface area contributed by atoms with E-state index in [2.05, 4.69) is 35.9 Å². The van der Waals surface area contributed by atoms with E-state index in [9.17, 15) is 18.2 Å². The Bertz CT molecular complexity index is 1830. The van der Waals surface area contributed by atoms with Crippen LogP contribution in [0.4, 0.5) is 22.7 Å². The fraction of sp³-hybridized carbons (Fsp3) is 0.0667. The van der Waals surface area contributed by atoms with Crippen molar-refractivity contribution in [2.45, 2.75) is 16.7 Å². The van der Waals surface area contributed by atoms with Crippen LogP contribution in [0.5, 0.6) is 11.5 Å². The maximum absolute atomic E-state index is 12.1. The van der Waals surface area contributed by atoms with Crippen molar-refractivity contribution in [3.8, 4) is 24.0 Å². The first-order chi connectivity index (χ1) is 21.3. The van der Waals surface area contributed by atoms with Crippen LogP contribution in [0, 0.1) is 12.5 Å². The predicted octanol–water partition coefficient (Wildman–Crippen LogP) is 1.20. The number of azo groups is 2. The molecule has 4 rings (SSSR count). The van der Waals surface area contributed by atoms with E-state index in [1.807, 2.05) is 6.92 Å². The van der Waals surface area contributed by atoms with Gasteiger partial charge in [0.25, 0.3) is 0 Å². The molecule has 0 spiro atoms. The molecule has 4 aromatic carbocycles. The maximum Gasteiger partial charge on any atom is 1.00 e. The maximum atomic E-state index is 12.1. The van der Waals surface area contributed by atoms with Crippen molar-refractivity contribution in [3.05, 3.63) is 96.1 Å².